The first-order chi connectivity index (χ1) is 7.04. The molecule has 1 aliphatic rings. The Morgan fingerprint density at radius 3 is 2.33 bits per heavy atom. The van der Waals surface area contributed by atoms with Crippen LogP contribution in [0.25, 0.3) is 0 Å². The van der Waals surface area contributed by atoms with Crippen LogP contribution in [0.5, 0.6) is 0 Å². The Labute approximate surface area is 90.2 Å². The molecule has 1 heterocycles. The van der Waals surface area contributed by atoms with Crippen molar-refractivity contribution in [3.63, 3.8) is 0 Å². The van der Waals surface area contributed by atoms with Gasteiger partial charge in [0.15, 0.2) is 9.84 Å². The molecule has 0 spiro atoms. The quantitative estimate of drug-likeness (QED) is 0.818. The molecule has 1 aliphatic heterocycles. The van der Waals surface area contributed by atoms with Gasteiger partial charge >= 0.3 is 0 Å². The second kappa shape index (κ2) is 3.61. The molecular weight excluding hydrogens is 210 g/mol. The fourth-order valence-electron chi connectivity index (χ4n) is 2.00. The van der Waals surface area contributed by atoms with E-state index in [1.54, 1.807) is 0 Å². The Hall–Kier alpha value is -0.870. The largest absolute Gasteiger partial charge is 0.325 e. The maximum absolute atomic E-state index is 11.5. The first-order valence-corrected chi connectivity index (χ1v) is 6.82. The average molecular weight is 225 g/mol. The summed E-state index contributed by atoms with van der Waals surface area (Å²) in [5.41, 5.74) is 7.76. The number of rotatable bonds is 2. The van der Waals surface area contributed by atoms with Crippen LogP contribution in [0, 0.1) is 0 Å². The number of benzene rings is 1. The van der Waals surface area contributed by atoms with E-state index in [1.807, 2.05) is 24.3 Å². The van der Waals surface area contributed by atoms with Crippen LogP contribution in [0.15, 0.2) is 24.3 Å². The van der Waals surface area contributed by atoms with E-state index in [0.29, 0.717) is 0 Å². The predicted molar refractivity (Wildman–Crippen MR) is 60.3 cm³/mol. The van der Waals surface area contributed by atoms with Gasteiger partial charge in [0.2, 0.25) is 0 Å². The van der Waals surface area contributed by atoms with Gasteiger partial charge in [0.05, 0.1) is 5.75 Å². The molecule has 1 aromatic carbocycles. The fraction of sp³-hybridized carbons (Fsp3) is 0.455. The maximum atomic E-state index is 11.5. The summed E-state index contributed by atoms with van der Waals surface area (Å²) < 4.78 is 23.0. The van der Waals surface area contributed by atoms with Gasteiger partial charge < -0.3 is 5.73 Å². The molecule has 0 aliphatic carbocycles. The smallest absolute Gasteiger partial charge is 0.160 e. The van der Waals surface area contributed by atoms with Gasteiger partial charge in [-0.25, -0.2) is 8.42 Å². The third kappa shape index (κ3) is 1.79. The van der Waals surface area contributed by atoms with Crippen molar-refractivity contribution >= 4 is 9.84 Å². The van der Waals surface area contributed by atoms with E-state index in [4.69, 9.17) is 5.73 Å². The van der Waals surface area contributed by atoms with Gasteiger partial charge in [-0.05, 0) is 17.5 Å². The summed E-state index contributed by atoms with van der Waals surface area (Å²) in [6.45, 7) is 2.07. The molecule has 2 atom stereocenters. The van der Waals surface area contributed by atoms with Gasteiger partial charge in [0, 0.05) is 6.04 Å². The molecule has 1 fully saturated rings. The van der Waals surface area contributed by atoms with Crippen LogP contribution in [-0.4, -0.2) is 20.2 Å². The summed E-state index contributed by atoms with van der Waals surface area (Å²) in [6.07, 6.45) is 0.962. The van der Waals surface area contributed by atoms with Crippen molar-refractivity contribution < 1.29 is 8.42 Å². The summed E-state index contributed by atoms with van der Waals surface area (Å²) in [7, 11) is -2.97. The Bertz CT molecular complexity index is 450. The van der Waals surface area contributed by atoms with Crippen molar-refractivity contribution in [3.8, 4) is 0 Å². The lowest BCUT2D eigenvalue weighted by Gasteiger charge is -2.33. The lowest BCUT2D eigenvalue weighted by atomic mass is 10.0. The molecule has 0 radical (unpaired) electrons. The highest BCUT2D eigenvalue weighted by Gasteiger charge is 2.44. The molecule has 1 aromatic rings. The lowest BCUT2D eigenvalue weighted by Crippen LogP contribution is -2.50. The van der Waals surface area contributed by atoms with Crippen LogP contribution in [0.3, 0.4) is 0 Å². The first kappa shape index (κ1) is 10.6. The number of hydrogen-bond acceptors (Lipinski definition) is 3. The molecule has 15 heavy (non-hydrogen) atoms. The van der Waals surface area contributed by atoms with Gasteiger partial charge in [0.1, 0.15) is 5.25 Å². The van der Waals surface area contributed by atoms with Gasteiger partial charge in [0.25, 0.3) is 0 Å². The van der Waals surface area contributed by atoms with E-state index < -0.39 is 15.1 Å². The minimum Gasteiger partial charge on any atom is -0.325 e. The predicted octanol–water partition coefficient (Wildman–Crippen LogP) is 1.05. The van der Waals surface area contributed by atoms with Crippen molar-refractivity contribution in [1.82, 2.24) is 0 Å². The zero-order chi connectivity index (χ0) is 11.1. The molecule has 0 saturated carbocycles. The zero-order valence-electron chi connectivity index (χ0n) is 8.68. The summed E-state index contributed by atoms with van der Waals surface area (Å²) in [6, 6.07) is 7.45. The zero-order valence-corrected chi connectivity index (χ0v) is 9.50. The Morgan fingerprint density at radius 2 is 1.93 bits per heavy atom. The van der Waals surface area contributed by atoms with E-state index in [2.05, 4.69) is 6.92 Å². The number of aryl methyl sites for hydroxylation is 1. The summed E-state index contributed by atoms with van der Waals surface area (Å²) in [4.78, 5) is 0. The van der Waals surface area contributed by atoms with Crippen LogP contribution in [0.2, 0.25) is 0 Å². The van der Waals surface area contributed by atoms with Gasteiger partial charge in [-0.15, -0.1) is 0 Å². The minimum atomic E-state index is -2.97. The monoisotopic (exact) mass is 225 g/mol. The number of nitrogens with two attached hydrogens (primary N) is 1. The molecule has 4 heteroatoms. The van der Waals surface area contributed by atoms with Crippen molar-refractivity contribution in [2.24, 2.45) is 5.73 Å². The van der Waals surface area contributed by atoms with Gasteiger partial charge in [-0.2, -0.15) is 0 Å². The molecule has 2 N–H and O–H groups in total. The van der Waals surface area contributed by atoms with Gasteiger partial charge in [-0.1, -0.05) is 31.2 Å². The fourth-order valence-corrected chi connectivity index (χ4v) is 3.78. The second-order valence-electron chi connectivity index (χ2n) is 4.01. The van der Waals surface area contributed by atoms with Crippen LogP contribution in [0.4, 0.5) is 0 Å². The van der Waals surface area contributed by atoms with E-state index in [1.165, 1.54) is 5.56 Å². The van der Waals surface area contributed by atoms with Crippen LogP contribution in [0.1, 0.15) is 23.3 Å². The molecule has 1 saturated heterocycles. The average Bonchev–Trinajstić information content (AvgIpc) is 2.17. The molecule has 2 unspecified atom stereocenters. The highest BCUT2D eigenvalue weighted by Crippen LogP contribution is 2.35. The first-order valence-electron chi connectivity index (χ1n) is 5.10. The standard InChI is InChI=1S/C11H15NO2S/c1-2-8-3-5-9(6-4-8)11-10(12)7-15(11,13)14/h3-6,10-11H,2,7,12H2,1H3. The summed E-state index contributed by atoms with van der Waals surface area (Å²) >= 11 is 0. The minimum absolute atomic E-state index is 0.118. The lowest BCUT2D eigenvalue weighted by molar-refractivity contribution is 0.523. The van der Waals surface area contributed by atoms with Crippen molar-refractivity contribution in [3.05, 3.63) is 35.4 Å². The van der Waals surface area contributed by atoms with Crippen LogP contribution in [-0.2, 0) is 16.3 Å². The van der Waals surface area contributed by atoms with Crippen LogP contribution >= 0.6 is 0 Å². The third-order valence-electron chi connectivity index (χ3n) is 2.92. The molecule has 0 bridgehead atoms. The molecule has 0 amide bonds. The highest BCUT2D eigenvalue weighted by molar-refractivity contribution is 7.93. The van der Waals surface area contributed by atoms with Gasteiger partial charge in [-0.3, -0.25) is 0 Å². The SMILES string of the molecule is CCc1ccc(C2C(N)CS2(=O)=O)cc1. The van der Waals surface area contributed by atoms with Crippen LogP contribution < -0.4 is 5.73 Å². The Morgan fingerprint density at radius 1 is 1.33 bits per heavy atom. The molecular formula is C11H15NO2S. The molecule has 82 valence electrons. The van der Waals surface area contributed by atoms with E-state index >= 15 is 0 Å². The van der Waals surface area contributed by atoms with Crippen molar-refractivity contribution in [1.29, 1.82) is 0 Å². The molecule has 2 rings (SSSR count). The maximum Gasteiger partial charge on any atom is 0.160 e. The second-order valence-corrected chi connectivity index (χ2v) is 6.18. The summed E-state index contributed by atoms with van der Waals surface area (Å²) in [5, 5.41) is -0.483. The molecule has 0 aromatic heterocycles. The summed E-state index contributed by atoms with van der Waals surface area (Å²) in [5.74, 6) is 0.118. The van der Waals surface area contributed by atoms with E-state index in [9.17, 15) is 8.42 Å². The molecule has 3 nitrogen and oxygen atoms in total. The van der Waals surface area contributed by atoms with E-state index in [-0.39, 0.29) is 11.8 Å². The third-order valence-corrected chi connectivity index (χ3v) is 5.16. The Balaban J connectivity index is 2.30. The highest BCUT2D eigenvalue weighted by atomic mass is 32.2. The number of sulfone groups is 1. The van der Waals surface area contributed by atoms with E-state index in [0.717, 1.165) is 12.0 Å². The van der Waals surface area contributed by atoms with Crippen molar-refractivity contribution in [2.45, 2.75) is 24.6 Å². The normalized spacial score (nSPS) is 28.4. The van der Waals surface area contributed by atoms with Crippen molar-refractivity contribution in [2.75, 3.05) is 5.75 Å². The number of hydrogen-bond donors (Lipinski definition) is 1. The topological polar surface area (TPSA) is 60.2 Å². The Kier molecular flexibility index (Phi) is 2.56.